The van der Waals surface area contributed by atoms with E-state index in [2.05, 4.69) is 64.5 Å². The number of hydrogen-bond acceptors (Lipinski definition) is 3. The lowest BCUT2D eigenvalue weighted by molar-refractivity contribution is 0.909. The molecule has 0 saturated carbocycles. The monoisotopic (exact) mass is 319 g/mol. The molecule has 114 valence electrons. The Balaban J connectivity index is 1.68. The first-order valence-corrected chi connectivity index (χ1v) is 8.54. The third kappa shape index (κ3) is 2.67. The van der Waals surface area contributed by atoms with Crippen LogP contribution >= 0.6 is 11.3 Å². The summed E-state index contributed by atoms with van der Waals surface area (Å²) in [4.78, 5) is 5.75. The lowest BCUT2D eigenvalue weighted by Crippen LogP contribution is -2.04. The van der Waals surface area contributed by atoms with Crippen LogP contribution < -0.4 is 5.73 Å². The number of nitrogens with zero attached hydrogens (tertiary/aromatic N) is 2. The number of imidazole rings is 1. The van der Waals surface area contributed by atoms with Crippen molar-refractivity contribution < 1.29 is 0 Å². The number of thiazole rings is 1. The summed E-state index contributed by atoms with van der Waals surface area (Å²) in [6.07, 6.45) is 2.98. The highest BCUT2D eigenvalue weighted by Gasteiger charge is 2.09. The summed E-state index contributed by atoms with van der Waals surface area (Å²) in [6, 6.07) is 19.0. The zero-order valence-electron chi connectivity index (χ0n) is 12.6. The first kappa shape index (κ1) is 14.2. The van der Waals surface area contributed by atoms with Crippen LogP contribution in [0.25, 0.3) is 27.3 Å². The molecule has 4 heteroatoms. The van der Waals surface area contributed by atoms with E-state index in [1.54, 1.807) is 11.3 Å². The Kier molecular flexibility index (Phi) is 3.69. The summed E-state index contributed by atoms with van der Waals surface area (Å²) >= 11 is 1.67. The standard InChI is InChI=1S/C19H17N3S/c20-11-10-17-13-23-19-21-18(12-22(17)19)16-8-6-15(7-9-16)14-4-2-1-3-5-14/h1-9,12-13H,10-11,20H2. The van der Waals surface area contributed by atoms with E-state index in [4.69, 9.17) is 10.7 Å². The van der Waals surface area contributed by atoms with E-state index in [1.807, 2.05) is 6.07 Å². The van der Waals surface area contributed by atoms with Crippen LogP contribution in [0.2, 0.25) is 0 Å². The Morgan fingerprint density at radius 3 is 2.35 bits per heavy atom. The third-order valence-electron chi connectivity index (χ3n) is 3.97. The second-order valence-corrected chi connectivity index (χ2v) is 6.32. The SMILES string of the molecule is NCCc1csc2nc(-c3ccc(-c4ccccc4)cc3)cn12. The lowest BCUT2D eigenvalue weighted by Gasteiger charge is -2.02. The Morgan fingerprint density at radius 2 is 1.61 bits per heavy atom. The quantitative estimate of drug-likeness (QED) is 0.611. The maximum Gasteiger partial charge on any atom is 0.194 e. The van der Waals surface area contributed by atoms with Crippen LogP contribution in [0.5, 0.6) is 0 Å². The summed E-state index contributed by atoms with van der Waals surface area (Å²) in [7, 11) is 0. The minimum Gasteiger partial charge on any atom is -0.330 e. The Labute approximate surface area is 139 Å². The van der Waals surface area contributed by atoms with Crippen molar-refractivity contribution in [3.8, 4) is 22.4 Å². The number of rotatable bonds is 4. The second-order valence-electron chi connectivity index (χ2n) is 5.49. The van der Waals surface area contributed by atoms with Gasteiger partial charge in [-0.05, 0) is 17.7 Å². The predicted molar refractivity (Wildman–Crippen MR) is 96.7 cm³/mol. The van der Waals surface area contributed by atoms with Crippen LogP contribution in [0, 0.1) is 0 Å². The van der Waals surface area contributed by atoms with Gasteiger partial charge in [0.25, 0.3) is 0 Å². The van der Waals surface area contributed by atoms with Crippen molar-refractivity contribution in [2.75, 3.05) is 6.54 Å². The molecule has 0 unspecified atom stereocenters. The molecule has 0 radical (unpaired) electrons. The van der Waals surface area contributed by atoms with Crippen molar-refractivity contribution in [3.63, 3.8) is 0 Å². The predicted octanol–water partition coefficient (Wildman–Crippen LogP) is 4.23. The summed E-state index contributed by atoms with van der Waals surface area (Å²) in [6.45, 7) is 0.658. The van der Waals surface area contributed by atoms with Crippen LogP contribution in [-0.4, -0.2) is 15.9 Å². The van der Waals surface area contributed by atoms with Gasteiger partial charge in [0.2, 0.25) is 0 Å². The summed E-state index contributed by atoms with van der Waals surface area (Å²) in [5, 5.41) is 2.14. The molecule has 4 rings (SSSR count). The van der Waals surface area contributed by atoms with Crippen molar-refractivity contribution >= 4 is 16.3 Å². The van der Waals surface area contributed by atoms with Gasteiger partial charge < -0.3 is 5.73 Å². The molecule has 23 heavy (non-hydrogen) atoms. The highest BCUT2D eigenvalue weighted by Crippen LogP contribution is 2.26. The van der Waals surface area contributed by atoms with E-state index in [0.29, 0.717) is 6.54 Å². The fourth-order valence-electron chi connectivity index (χ4n) is 2.76. The topological polar surface area (TPSA) is 43.3 Å². The molecular formula is C19H17N3S. The first-order valence-electron chi connectivity index (χ1n) is 7.66. The fourth-order valence-corrected chi connectivity index (χ4v) is 3.67. The molecule has 0 aliphatic carbocycles. The van der Waals surface area contributed by atoms with Gasteiger partial charge in [-0.3, -0.25) is 4.40 Å². The molecule has 0 aliphatic rings. The molecule has 0 bridgehead atoms. The molecular weight excluding hydrogens is 302 g/mol. The molecule has 2 aromatic carbocycles. The zero-order valence-corrected chi connectivity index (χ0v) is 13.5. The number of benzene rings is 2. The van der Waals surface area contributed by atoms with Gasteiger partial charge in [0.15, 0.2) is 4.96 Å². The third-order valence-corrected chi connectivity index (χ3v) is 4.86. The van der Waals surface area contributed by atoms with Gasteiger partial charge in [0.05, 0.1) is 5.69 Å². The van der Waals surface area contributed by atoms with Crippen LogP contribution in [0.15, 0.2) is 66.2 Å². The number of fused-ring (bicyclic) bond motifs is 1. The van der Waals surface area contributed by atoms with Crippen LogP contribution in [0.4, 0.5) is 0 Å². The van der Waals surface area contributed by atoms with E-state index in [0.717, 1.165) is 22.6 Å². The van der Waals surface area contributed by atoms with Crippen molar-refractivity contribution in [1.29, 1.82) is 0 Å². The number of hydrogen-bond donors (Lipinski definition) is 1. The van der Waals surface area contributed by atoms with Crippen LogP contribution in [0.1, 0.15) is 5.69 Å². The average molecular weight is 319 g/mol. The van der Waals surface area contributed by atoms with Crippen molar-refractivity contribution in [1.82, 2.24) is 9.38 Å². The molecule has 0 atom stereocenters. The normalized spacial score (nSPS) is 11.2. The smallest absolute Gasteiger partial charge is 0.194 e. The maximum atomic E-state index is 5.67. The number of aromatic nitrogens is 2. The van der Waals surface area contributed by atoms with Gasteiger partial charge >= 0.3 is 0 Å². The van der Waals surface area contributed by atoms with E-state index in [-0.39, 0.29) is 0 Å². The molecule has 3 nitrogen and oxygen atoms in total. The Morgan fingerprint density at radius 1 is 0.913 bits per heavy atom. The van der Waals surface area contributed by atoms with Gasteiger partial charge in [-0.25, -0.2) is 4.98 Å². The Hall–Kier alpha value is -2.43. The average Bonchev–Trinajstić information content (AvgIpc) is 3.18. The van der Waals surface area contributed by atoms with Crippen LogP contribution in [0.3, 0.4) is 0 Å². The molecule has 2 N–H and O–H groups in total. The van der Waals surface area contributed by atoms with Crippen molar-refractivity contribution in [2.24, 2.45) is 5.73 Å². The van der Waals surface area contributed by atoms with E-state index >= 15 is 0 Å². The van der Waals surface area contributed by atoms with Crippen molar-refractivity contribution in [3.05, 3.63) is 71.9 Å². The van der Waals surface area contributed by atoms with Gasteiger partial charge in [-0.15, -0.1) is 11.3 Å². The molecule has 4 aromatic rings. The second kappa shape index (κ2) is 5.99. The molecule has 0 fully saturated rings. The van der Waals surface area contributed by atoms with Gasteiger partial charge in [0.1, 0.15) is 0 Å². The number of nitrogens with two attached hydrogens (primary N) is 1. The van der Waals surface area contributed by atoms with Gasteiger partial charge in [0, 0.05) is 29.3 Å². The summed E-state index contributed by atoms with van der Waals surface area (Å²) in [5.74, 6) is 0. The molecule has 2 aromatic heterocycles. The molecule has 2 heterocycles. The van der Waals surface area contributed by atoms with Crippen molar-refractivity contribution in [2.45, 2.75) is 6.42 Å². The van der Waals surface area contributed by atoms with E-state index < -0.39 is 0 Å². The molecule has 0 spiro atoms. The van der Waals surface area contributed by atoms with E-state index in [9.17, 15) is 0 Å². The minimum absolute atomic E-state index is 0.658. The molecule has 0 aliphatic heterocycles. The lowest BCUT2D eigenvalue weighted by atomic mass is 10.0. The fraction of sp³-hybridized carbons (Fsp3) is 0.105. The van der Waals surface area contributed by atoms with E-state index in [1.165, 1.54) is 16.8 Å². The zero-order chi connectivity index (χ0) is 15.6. The maximum absolute atomic E-state index is 5.67. The summed E-state index contributed by atoms with van der Waals surface area (Å²) < 4.78 is 2.15. The first-order chi connectivity index (χ1) is 11.3. The molecule has 0 saturated heterocycles. The van der Waals surface area contributed by atoms with Crippen LogP contribution in [-0.2, 0) is 6.42 Å². The van der Waals surface area contributed by atoms with Gasteiger partial charge in [-0.1, -0.05) is 54.6 Å². The Bertz CT molecular complexity index is 920. The van der Waals surface area contributed by atoms with Gasteiger partial charge in [-0.2, -0.15) is 0 Å². The highest BCUT2D eigenvalue weighted by atomic mass is 32.1. The summed E-state index contributed by atoms with van der Waals surface area (Å²) in [5.41, 5.74) is 11.5. The highest BCUT2D eigenvalue weighted by molar-refractivity contribution is 7.15. The minimum atomic E-state index is 0.658. The largest absolute Gasteiger partial charge is 0.330 e. The molecule has 0 amide bonds.